The lowest BCUT2D eigenvalue weighted by atomic mass is 10.2. The monoisotopic (exact) mass is 451 g/mol. The van der Waals surface area contributed by atoms with Crippen molar-refractivity contribution in [2.45, 2.75) is 18.4 Å². The second kappa shape index (κ2) is 9.50. The molecule has 0 spiro atoms. The number of rotatable bonds is 6. The molecule has 1 aliphatic rings. The number of ether oxygens (including phenoxy) is 1. The van der Waals surface area contributed by atoms with E-state index in [4.69, 9.17) is 4.74 Å². The van der Waals surface area contributed by atoms with Gasteiger partial charge in [0.05, 0.1) is 4.90 Å². The van der Waals surface area contributed by atoms with Crippen LogP contribution >= 0.6 is 0 Å². The first-order valence-electron chi connectivity index (χ1n) is 10.4. The minimum Gasteiger partial charge on any atom is -0.489 e. The number of hydrogen-bond donors (Lipinski definition) is 0. The molecule has 0 unspecified atom stereocenters. The summed E-state index contributed by atoms with van der Waals surface area (Å²) >= 11 is 0. The third-order valence-electron chi connectivity index (χ3n) is 5.41. The Labute approximate surface area is 188 Å². The zero-order valence-electron chi connectivity index (χ0n) is 17.8. The van der Waals surface area contributed by atoms with E-state index in [9.17, 15) is 13.2 Å². The van der Waals surface area contributed by atoms with Gasteiger partial charge in [-0.15, -0.1) is 0 Å². The van der Waals surface area contributed by atoms with Crippen LogP contribution in [0.15, 0.2) is 78.0 Å². The third kappa shape index (κ3) is 4.98. The van der Waals surface area contributed by atoms with Gasteiger partial charge in [-0.2, -0.15) is 4.31 Å². The van der Waals surface area contributed by atoms with Gasteiger partial charge in [-0.25, -0.2) is 8.42 Å². The molecule has 1 aliphatic heterocycles. The Morgan fingerprint density at radius 2 is 1.66 bits per heavy atom. The predicted octanol–water partition coefficient (Wildman–Crippen LogP) is 3.12. The fraction of sp³-hybridized carbons (Fsp3) is 0.250. The van der Waals surface area contributed by atoms with E-state index in [0.717, 1.165) is 11.1 Å². The Kier molecular flexibility index (Phi) is 6.53. The van der Waals surface area contributed by atoms with Gasteiger partial charge in [0.15, 0.2) is 0 Å². The summed E-state index contributed by atoms with van der Waals surface area (Å²) in [5.74, 6) is 0.551. The molecule has 0 aliphatic carbocycles. The van der Waals surface area contributed by atoms with Crippen molar-refractivity contribution in [3.63, 3.8) is 0 Å². The molecule has 166 valence electrons. The lowest BCUT2D eigenvalue weighted by Gasteiger charge is -2.34. The van der Waals surface area contributed by atoms with Crippen molar-refractivity contribution in [1.29, 1.82) is 0 Å². The molecule has 1 fully saturated rings. The second-order valence-corrected chi connectivity index (χ2v) is 9.62. The number of aryl methyl sites for hydroxylation is 1. The standard InChI is InChI=1S/C24H25N3O4S/c1-19-4-10-23(11-5-19)32(29,30)27-15-13-26(14-16-27)24(28)21-6-8-22(9-7-21)31-18-20-3-2-12-25-17-20/h2-12,17H,13-16,18H2,1H3. The zero-order chi connectivity index (χ0) is 22.6. The maximum atomic E-state index is 12.9. The lowest BCUT2D eigenvalue weighted by molar-refractivity contribution is 0.0698. The summed E-state index contributed by atoms with van der Waals surface area (Å²) in [6.45, 7) is 3.56. The summed E-state index contributed by atoms with van der Waals surface area (Å²) in [7, 11) is -3.55. The largest absolute Gasteiger partial charge is 0.489 e. The summed E-state index contributed by atoms with van der Waals surface area (Å²) in [5.41, 5.74) is 2.52. The van der Waals surface area contributed by atoms with Crippen LogP contribution < -0.4 is 4.74 Å². The van der Waals surface area contributed by atoms with Gasteiger partial charge in [0.2, 0.25) is 10.0 Å². The van der Waals surface area contributed by atoms with E-state index in [1.807, 2.05) is 19.1 Å². The zero-order valence-corrected chi connectivity index (χ0v) is 18.7. The van der Waals surface area contributed by atoms with Crippen molar-refractivity contribution < 1.29 is 17.9 Å². The van der Waals surface area contributed by atoms with Crippen LogP contribution in [0.5, 0.6) is 5.75 Å². The quantitative estimate of drug-likeness (QED) is 0.575. The SMILES string of the molecule is Cc1ccc(S(=O)(=O)N2CCN(C(=O)c3ccc(OCc4cccnc4)cc3)CC2)cc1. The van der Waals surface area contributed by atoms with Gasteiger partial charge in [-0.1, -0.05) is 23.8 Å². The van der Waals surface area contributed by atoms with Crippen molar-refractivity contribution in [3.8, 4) is 5.75 Å². The topological polar surface area (TPSA) is 79.8 Å². The molecule has 1 saturated heterocycles. The van der Waals surface area contributed by atoms with Crippen LogP contribution in [0.2, 0.25) is 0 Å². The molecular weight excluding hydrogens is 426 g/mol. The summed E-state index contributed by atoms with van der Waals surface area (Å²) in [5, 5.41) is 0. The molecule has 0 bridgehead atoms. The van der Waals surface area contributed by atoms with Crippen molar-refractivity contribution in [3.05, 3.63) is 89.7 Å². The van der Waals surface area contributed by atoms with Gasteiger partial charge in [0.1, 0.15) is 12.4 Å². The Morgan fingerprint density at radius 3 is 2.28 bits per heavy atom. The van der Waals surface area contributed by atoms with Crippen LogP contribution in [0.25, 0.3) is 0 Å². The number of carbonyl (C=O) groups is 1. The minimum atomic E-state index is -3.55. The van der Waals surface area contributed by atoms with Crippen LogP contribution in [0.3, 0.4) is 0 Å². The molecule has 0 atom stereocenters. The second-order valence-electron chi connectivity index (χ2n) is 7.68. The minimum absolute atomic E-state index is 0.115. The van der Waals surface area contributed by atoms with E-state index in [2.05, 4.69) is 4.98 Å². The number of sulfonamides is 1. The van der Waals surface area contributed by atoms with E-state index in [-0.39, 0.29) is 23.9 Å². The highest BCUT2D eigenvalue weighted by molar-refractivity contribution is 7.89. The normalized spacial score (nSPS) is 14.8. The number of nitrogens with zero attached hydrogens (tertiary/aromatic N) is 3. The predicted molar refractivity (Wildman–Crippen MR) is 121 cm³/mol. The molecule has 2 aromatic carbocycles. The average Bonchev–Trinajstić information content (AvgIpc) is 2.84. The molecule has 2 heterocycles. The van der Waals surface area contributed by atoms with Gasteiger partial charge in [0, 0.05) is 49.7 Å². The molecule has 1 amide bonds. The number of amides is 1. The Morgan fingerprint density at radius 1 is 0.969 bits per heavy atom. The van der Waals surface area contributed by atoms with Gasteiger partial charge in [0.25, 0.3) is 5.91 Å². The molecule has 0 radical (unpaired) electrons. The smallest absolute Gasteiger partial charge is 0.253 e. The number of pyridine rings is 1. The van der Waals surface area contributed by atoms with Gasteiger partial charge in [-0.3, -0.25) is 9.78 Å². The van der Waals surface area contributed by atoms with Gasteiger partial charge in [-0.05, 0) is 49.4 Å². The molecule has 0 saturated carbocycles. The van der Waals surface area contributed by atoms with Crippen molar-refractivity contribution in [2.24, 2.45) is 0 Å². The molecule has 3 aromatic rings. The van der Waals surface area contributed by atoms with E-state index in [1.54, 1.807) is 65.8 Å². The van der Waals surface area contributed by atoms with Crippen molar-refractivity contribution in [1.82, 2.24) is 14.2 Å². The van der Waals surface area contributed by atoms with Gasteiger partial charge < -0.3 is 9.64 Å². The number of aromatic nitrogens is 1. The van der Waals surface area contributed by atoms with Crippen molar-refractivity contribution in [2.75, 3.05) is 26.2 Å². The molecule has 4 rings (SSSR count). The van der Waals surface area contributed by atoms with Crippen LogP contribution in [-0.4, -0.2) is 54.7 Å². The molecule has 32 heavy (non-hydrogen) atoms. The fourth-order valence-electron chi connectivity index (χ4n) is 3.52. The summed E-state index contributed by atoms with van der Waals surface area (Å²) in [6, 6.07) is 17.6. The average molecular weight is 452 g/mol. The van der Waals surface area contributed by atoms with Crippen LogP contribution in [0.4, 0.5) is 0 Å². The Bertz CT molecular complexity index is 1160. The number of piperazine rings is 1. The molecular formula is C24H25N3O4S. The molecule has 8 heteroatoms. The molecule has 7 nitrogen and oxygen atoms in total. The summed E-state index contributed by atoms with van der Waals surface area (Å²) in [6.07, 6.45) is 3.46. The van der Waals surface area contributed by atoms with Crippen LogP contribution in [-0.2, 0) is 16.6 Å². The highest BCUT2D eigenvalue weighted by Gasteiger charge is 2.30. The van der Waals surface area contributed by atoms with E-state index in [1.165, 1.54) is 4.31 Å². The fourth-order valence-corrected chi connectivity index (χ4v) is 4.94. The van der Waals surface area contributed by atoms with Gasteiger partial charge >= 0.3 is 0 Å². The Balaban J connectivity index is 1.33. The molecule has 0 N–H and O–H groups in total. The summed E-state index contributed by atoms with van der Waals surface area (Å²) < 4.78 is 32.9. The van der Waals surface area contributed by atoms with E-state index >= 15 is 0 Å². The molecule has 1 aromatic heterocycles. The van der Waals surface area contributed by atoms with Crippen LogP contribution in [0, 0.1) is 6.92 Å². The first kappa shape index (κ1) is 22.0. The van der Waals surface area contributed by atoms with Crippen LogP contribution in [0.1, 0.15) is 21.5 Å². The number of benzene rings is 2. The van der Waals surface area contributed by atoms with Crippen molar-refractivity contribution >= 4 is 15.9 Å². The highest BCUT2D eigenvalue weighted by Crippen LogP contribution is 2.20. The lowest BCUT2D eigenvalue weighted by Crippen LogP contribution is -2.50. The highest BCUT2D eigenvalue weighted by atomic mass is 32.2. The first-order chi connectivity index (χ1) is 15.4. The first-order valence-corrected chi connectivity index (χ1v) is 11.9. The third-order valence-corrected chi connectivity index (χ3v) is 7.33. The van der Waals surface area contributed by atoms with E-state index < -0.39 is 10.0 Å². The van der Waals surface area contributed by atoms with E-state index in [0.29, 0.717) is 31.0 Å². The maximum Gasteiger partial charge on any atom is 0.253 e. The number of hydrogen-bond acceptors (Lipinski definition) is 5. The number of carbonyl (C=O) groups excluding carboxylic acids is 1. The maximum absolute atomic E-state index is 12.9. The Hall–Kier alpha value is -3.23. The summed E-state index contributed by atoms with van der Waals surface area (Å²) in [4.78, 5) is 18.9.